The average Bonchev–Trinajstić information content (AvgIpc) is 3.42. The van der Waals surface area contributed by atoms with Crippen LogP contribution < -0.4 is 42.4 Å². The molecular weight excluding hydrogens is 935 g/mol. The van der Waals surface area contributed by atoms with Crippen LogP contribution in [-0.2, 0) is 29.1 Å². The highest BCUT2D eigenvalue weighted by molar-refractivity contribution is 7.80. The van der Waals surface area contributed by atoms with E-state index >= 15 is 18.3 Å². The van der Waals surface area contributed by atoms with Crippen molar-refractivity contribution in [1.82, 2.24) is 4.98 Å². The van der Waals surface area contributed by atoms with E-state index in [2.05, 4.69) is 13.8 Å². The molecule has 8 aromatic carbocycles. The topological polar surface area (TPSA) is 81.2 Å². The number of hydrogen-bond acceptors (Lipinski definition) is 5. The van der Waals surface area contributed by atoms with Gasteiger partial charge >= 0.3 is 0 Å². The average molecular weight is 992 g/mol. The van der Waals surface area contributed by atoms with Crippen molar-refractivity contribution in [2.75, 3.05) is 24.6 Å². The SMILES string of the molecule is CC(CP(=O)(c1ccccc1)c1ccccc1)(CP(=O)(c1ccccc1)c1ccccc1)c1cccc(C(C)(CP(=O)(c2ccccc2)c2ccccc2)CP(=O)(c2ccccc2)c2ccccc2)n1. The van der Waals surface area contributed by atoms with E-state index in [0.29, 0.717) is 53.8 Å². The number of hydrogen-bond donors (Lipinski definition) is 0. The first kappa shape index (κ1) is 48.8. The Morgan fingerprint density at radius 2 is 0.414 bits per heavy atom. The van der Waals surface area contributed by atoms with Gasteiger partial charge in [-0.05, 0) is 12.1 Å². The molecule has 0 aliphatic carbocycles. The van der Waals surface area contributed by atoms with E-state index in [1.807, 2.05) is 261 Å². The van der Waals surface area contributed by atoms with Crippen LogP contribution in [0.1, 0.15) is 25.2 Å². The fourth-order valence-electron chi connectivity index (χ4n) is 10.2. The molecule has 0 aliphatic rings. The zero-order valence-electron chi connectivity index (χ0n) is 39.5. The van der Waals surface area contributed by atoms with Crippen molar-refractivity contribution < 1.29 is 18.3 Å². The van der Waals surface area contributed by atoms with E-state index in [9.17, 15) is 0 Å². The fraction of sp³-hybridized carbons (Fsp3) is 0.131. The highest BCUT2D eigenvalue weighted by Crippen LogP contribution is 2.58. The third-order valence-electron chi connectivity index (χ3n) is 13.7. The van der Waals surface area contributed by atoms with Crippen LogP contribution in [0, 0.1) is 0 Å². The van der Waals surface area contributed by atoms with Gasteiger partial charge in [-0.2, -0.15) is 0 Å². The molecule has 0 atom stereocenters. The predicted molar refractivity (Wildman–Crippen MR) is 297 cm³/mol. The quantitative estimate of drug-likeness (QED) is 0.0800. The smallest absolute Gasteiger partial charge is 0.144 e. The van der Waals surface area contributed by atoms with Crippen LogP contribution in [0.25, 0.3) is 0 Å². The summed E-state index contributed by atoms with van der Waals surface area (Å²) in [5, 5.41) is 5.56. The van der Waals surface area contributed by atoms with Crippen LogP contribution in [0.5, 0.6) is 0 Å². The van der Waals surface area contributed by atoms with Gasteiger partial charge < -0.3 is 18.3 Å². The summed E-state index contributed by atoms with van der Waals surface area (Å²) in [7, 11) is -14.1. The summed E-state index contributed by atoms with van der Waals surface area (Å²) in [4.78, 5) is 5.72. The molecule has 0 aliphatic heterocycles. The number of rotatable bonds is 18. The normalized spacial score (nSPS) is 12.6. The van der Waals surface area contributed by atoms with E-state index in [1.54, 1.807) is 0 Å². The predicted octanol–water partition coefficient (Wildman–Crippen LogP) is 11.7. The van der Waals surface area contributed by atoms with E-state index < -0.39 is 39.4 Å². The van der Waals surface area contributed by atoms with Gasteiger partial charge in [-0.1, -0.05) is 263 Å². The van der Waals surface area contributed by atoms with Crippen LogP contribution in [-0.4, -0.2) is 29.6 Å². The summed E-state index contributed by atoms with van der Waals surface area (Å²) >= 11 is 0. The Labute approximate surface area is 413 Å². The lowest BCUT2D eigenvalue weighted by Crippen LogP contribution is -2.41. The third-order valence-corrected chi connectivity index (χ3v) is 27.3. The maximum Gasteiger partial charge on any atom is 0.144 e. The zero-order chi connectivity index (χ0) is 48.7. The molecule has 9 rings (SSSR count). The Bertz CT molecular complexity index is 2750. The van der Waals surface area contributed by atoms with Crippen molar-refractivity contribution in [3.63, 3.8) is 0 Å². The summed E-state index contributed by atoms with van der Waals surface area (Å²) in [6.07, 6.45) is 0.404. The maximum atomic E-state index is 16.5. The van der Waals surface area contributed by atoms with Gasteiger partial charge in [0.15, 0.2) is 0 Å². The van der Waals surface area contributed by atoms with E-state index in [1.165, 1.54) is 0 Å². The summed E-state index contributed by atoms with van der Waals surface area (Å²) < 4.78 is 65.8. The first-order valence-corrected chi connectivity index (χ1v) is 31.2. The number of benzene rings is 8. The molecule has 0 N–H and O–H groups in total. The lowest BCUT2D eigenvalue weighted by atomic mass is 9.87. The molecule has 1 heterocycles. The van der Waals surface area contributed by atoms with Crippen molar-refractivity contribution in [3.8, 4) is 0 Å². The van der Waals surface area contributed by atoms with Gasteiger partial charge in [-0.25, -0.2) is 0 Å². The van der Waals surface area contributed by atoms with E-state index in [-0.39, 0.29) is 24.6 Å². The van der Waals surface area contributed by atoms with Crippen molar-refractivity contribution in [3.05, 3.63) is 272 Å². The van der Waals surface area contributed by atoms with Gasteiger partial charge in [0.25, 0.3) is 0 Å². The standard InChI is InChI=1S/C61H57NO4P4/c1-60(46-67(63,50-28-11-3-12-29-50)51-30-13-4-14-31-51,47-68(64,52-32-15-5-16-33-52)53-34-17-6-18-35-53)58-44-27-45-59(62-58)61(2,48-69(65,54-36-19-7-20-37-54)55-38-21-8-22-39-55)49-70(66,56-40-23-9-24-41-56)57-42-25-10-26-43-57/h3-45H,46-49H2,1-2H3. The van der Waals surface area contributed by atoms with Crippen LogP contribution in [0.2, 0.25) is 0 Å². The van der Waals surface area contributed by atoms with Crippen LogP contribution in [0.15, 0.2) is 261 Å². The molecule has 0 radical (unpaired) electrons. The van der Waals surface area contributed by atoms with Crippen molar-refractivity contribution in [1.29, 1.82) is 0 Å². The molecule has 350 valence electrons. The molecule has 9 aromatic rings. The molecule has 0 fully saturated rings. The highest BCUT2D eigenvalue weighted by Gasteiger charge is 2.48. The van der Waals surface area contributed by atoms with Gasteiger partial charge in [0.05, 0.1) is 0 Å². The molecule has 0 saturated heterocycles. The molecule has 5 nitrogen and oxygen atoms in total. The number of pyridine rings is 1. The fourth-order valence-corrected chi connectivity index (χ4v) is 23.4. The highest BCUT2D eigenvalue weighted by atomic mass is 31.2. The molecular formula is C61H57NO4P4. The van der Waals surface area contributed by atoms with Gasteiger partial charge in [0.2, 0.25) is 0 Å². The first-order chi connectivity index (χ1) is 33.9. The Morgan fingerprint density at radius 1 is 0.257 bits per heavy atom. The Kier molecular flexibility index (Phi) is 14.4. The minimum Gasteiger partial charge on any atom is -0.314 e. The number of aromatic nitrogens is 1. The summed E-state index contributed by atoms with van der Waals surface area (Å²) in [6, 6.07) is 82.9. The third kappa shape index (κ3) is 9.92. The Balaban J connectivity index is 1.30. The molecule has 0 spiro atoms. The van der Waals surface area contributed by atoms with Gasteiger partial charge in [-0.15, -0.1) is 0 Å². The molecule has 70 heavy (non-hydrogen) atoms. The number of nitrogens with zero attached hydrogens (tertiary/aromatic N) is 1. The van der Waals surface area contributed by atoms with Crippen LogP contribution in [0.4, 0.5) is 0 Å². The molecule has 0 saturated carbocycles. The summed E-state index contributed by atoms with van der Waals surface area (Å²) in [5.41, 5.74) is -1.05. The van der Waals surface area contributed by atoms with Crippen molar-refractivity contribution >= 4 is 71.0 Å². The van der Waals surface area contributed by atoms with Crippen LogP contribution in [0.3, 0.4) is 0 Å². The Hall–Kier alpha value is -6.17. The second-order valence-electron chi connectivity index (χ2n) is 18.8. The van der Waals surface area contributed by atoms with Crippen molar-refractivity contribution in [2.45, 2.75) is 24.7 Å². The lowest BCUT2D eigenvalue weighted by Gasteiger charge is -2.39. The molecule has 9 heteroatoms. The van der Waals surface area contributed by atoms with Crippen LogP contribution >= 0.6 is 28.6 Å². The van der Waals surface area contributed by atoms with E-state index in [0.717, 1.165) is 0 Å². The monoisotopic (exact) mass is 991 g/mol. The first-order valence-electron chi connectivity index (χ1n) is 23.7. The largest absolute Gasteiger partial charge is 0.314 e. The molecule has 0 amide bonds. The Morgan fingerprint density at radius 3 is 0.571 bits per heavy atom. The molecule has 0 bridgehead atoms. The van der Waals surface area contributed by atoms with Crippen molar-refractivity contribution in [2.24, 2.45) is 0 Å². The summed E-state index contributed by atoms with van der Waals surface area (Å²) in [5.74, 6) is 0. The minimum absolute atomic E-state index is 0.101. The minimum atomic E-state index is -3.51. The lowest BCUT2D eigenvalue weighted by molar-refractivity contribution is 0.511. The second kappa shape index (κ2) is 20.7. The van der Waals surface area contributed by atoms with E-state index in [4.69, 9.17) is 4.98 Å². The zero-order valence-corrected chi connectivity index (χ0v) is 43.1. The molecule has 0 unspecified atom stereocenters. The maximum absolute atomic E-state index is 16.5. The van der Waals surface area contributed by atoms with Gasteiger partial charge in [0.1, 0.15) is 28.6 Å². The van der Waals surface area contributed by atoms with Gasteiger partial charge in [-0.3, -0.25) is 4.98 Å². The summed E-state index contributed by atoms with van der Waals surface area (Å²) in [6.45, 7) is 4.12. The second-order valence-corrected chi connectivity index (χ2v) is 30.1. The van der Waals surface area contributed by atoms with Gasteiger partial charge in [0, 0.05) is 89.3 Å². The molecule has 1 aromatic heterocycles.